The third-order valence-electron chi connectivity index (χ3n) is 4.05. The van der Waals surface area contributed by atoms with Crippen molar-refractivity contribution in [2.45, 2.75) is 6.92 Å². The third kappa shape index (κ3) is 4.69. The van der Waals surface area contributed by atoms with Crippen molar-refractivity contribution in [1.82, 2.24) is 0 Å². The molecule has 2 aromatic rings. The molecule has 0 aromatic heterocycles. The monoisotopic (exact) mass is 426 g/mol. The summed E-state index contributed by atoms with van der Waals surface area (Å²) in [5, 5.41) is 21.9. The molecule has 0 atom stereocenters. The largest absolute Gasteiger partial charge is 0.506 e. The van der Waals surface area contributed by atoms with E-state index >= 15 is 0 Å². The van der Waals surface area contributed by atoms with Crippen LogP contribution in [0, 0.1) is 10.1 Å². The molecule has 2 aromatic carbocycles. The Morgan fingerprint density at radius 1 is 1.27 bits per heavy atom. The Morgan fingerprint density at radius 3 is 2.63 bits per heavy atom. The summed E-state index contributed by atoms with van der Waals surface area (Å²) in [6.07, 6.45) is 1.56. The van der Waals surface area contributed by atoms with Gasteiger partial charge in [-0.25, -0.2) is 9.79 Å². The minimum atomic E-state index is -0.697. The van der Waals surface area contributed by atoms with Crippen molar-refractivity contribution in [2.24, 2.45) is 4.99 Å². The normalized spacial score (nSPS) is 16.2. The highest BCUT2D eigenvalue weighted by Crippen LogP contribution is 2.40. The van der Waals surface area contributed by atoms with Crippen LogP contribution >= 0.6 is 11.8 Å². The molecule has 0 unspecified atom stereocenters. The van der Waals surface area contributed by atoms with Gasteiger partial charge in [-0.2, -0.15) is 0 Å². The van der Waals surface area contributed by atoms with Gasteiger partial charge >= 0.3 is 5.97 Å². The van der Waals surface area contributed by atoms with Gasteiger partial charge in [-0.15, -0.1) is 0 Å². The van der Waals surface area contributed by atoms with Gasteiger partial charge in [0.2, 0.25) is 0 Å². The lowest BCUT2D eigenvalue weighted by atomic mass is 10.1. The first-order valence-corrected chi connectivity index (χ1v) is 9.72. The van der Waals surface area contributed by atoms with Crippen LogP contribution < -0.4 is 4.74 Å². The maximum atomic E-state index is 12.4. The molecule has 0 saturated carbocycles. The molecular formula is C21H18N2O6S. The Labute approximate surface area is 176 Å². The lowest BCUT2D eigenvalue weighted by Gasteiger charge is -2.04. The summed E-state index contributed by atoms with van der Waals surface area (Å²) in [5.74, 6) is -0.317. The van der Waals surface area contributed by atoms with Crippen molar-refractivity contribution in [1.29, 1.82) is 0 Å². The summed E-state index contributed by atoms with van der Waals surface area (Å²) in [7, 11) is 1.55. The number of ether oxygens (including phenoxy) is 2. The van der Waals surface area contributed by atoms with Crippen molar-refractivity contribution in [3.63, 3.8) is 0 Å². The first-order chi connectivity index (χ1) is 14.4. The van der Waals surface area contributed by atoms with E-state index in [1.807, 2.05) is 0 Å². The predicted octanol–water partition coefficient (Wildman–Crippen LogP) is 4.80. The van der Waals surface area contributed by atoms with Gasteiger partial charge in [-0.1, -0.05) is 23.9 Å². The molecule has 154 valence electrons. The summed E-state index contributed by atoms with van der Waals surface area (Å²) < 4.78 is 10.2. The van der Waals surface area contributed by atoms with Crippen LogP contribution in [0.3, 0.4) is 0 Å². The van der Waals surface area contributed by atoms with E-state index in [1.54, 1.807) is 56.5 Å². The zero-order valence-corrected chi connectivity index (χ0v) is 17.0. The maximum Gasteiger partial charge on any atom is 0.344 e. The molecule has 3 rings (SSSR count). The first-order valence-electron chi connectivity index (χ1n) is 8.90. The topological polar surface area (TPSA) is 111 Å². The smallest absolute Gasteiger partial charge is 0.344 e. The third-order valence-corrected chi connectivity index (χ3v) is 5.07. The maximum absolute atomic E-state index is 12.4. The van der Waals surface area contributed by atoms with Crippen LogP contribution in [-0.2, 0) is 9.53 Å². The van der Waals surface area contributed by atoms with Gasteiger partial charge in [0.1, 0.15) is 22.1 Å². The number of nitro groups is 1. The summed E-state index contributed by atoms with van der Waals surface area (Å²) >= 11 is 1.08. The molecule has 0 aliphatic carbocycles. The van der Waals surface area contributed by atoms with Crippen molar-refractivity contribution in [2.75, 3.05) is 13.7 Å². The summed E-state index contributed by atoms with van der Waals surface area (Å²) in [6, 6.07) is 12.9. The van der Waals surface area contributed by atoms with Gasteiger partial charge in [-0.05, 0) is 42.8 Å². The van der Waals surface area contributed by atoms with Crippen LogP contribution in [0.15, 0.2) is 69.8 Å². The van der Waals surface area contributed by atoms with E-state index in [0.29, 0.717) is 21.9 Å². The van der Waals surface area contributed by atoms with Gasteiger partial charge in [0.25, 0.3) is 5.69 Å². The number of aliphatic imine (C=N–C) groups is 1. The summed E-state index contributed by atoms with van der Waals surface area (Å²) in [4.78, 5) is 27.7. The molecule has 0 saturated heterocycles. The van der Waals surface area contributed by atoms with Gasteiger partial charge in [0, 0.05) is 12.1 Å². The van der Waals surface area contributed by atoms with Crippen molar-refractivity contribution < 1.29 is 24.3 Å². The zero-order chi connectivity index (χ0) is 21.7. The number of esters is 1. The number of benzene rings is 2. The number of carbonyl (C=O) groups excluding carboxylic acids is 1. The summed E-state index contributed by atoms with van der Waals surface area (Å²) in [6.45, 7) is 1.80. The van der Waals surface area contributed by atoms with E-state index in [0.717, 1.165) is 11.8 Å². The van der Waals surface area contributed by atoms with Gasteiger partial charge in [-0.3, -0.25) is 10.1 Å². The Hall–Kier alpha value is -3.59. The van der Waals surface area contributed by atoms with E-state index in [1.165, 1.54) is 12.1 Å². The first kappa shape index (κ1) is 21.1. The second-order valence-corrected chi connectivity index (χ2v) is 7.05. The van der Waals surface area contributed by atoms with E-state index in [4.69, 9.17) is 9.47 Å². The number of carbonyl (C=O) groups is 1. The fourth-order valence-electron chi connectivity index (χ4n) is 2.65. The fraction of sp³-hybridized carbons (Fsp3) is 0.143. The minimum absolute atomic E-state index is 0.0469. The molecule has 1 heterocycles. The number of rotatable bonds is 6. The quantitative estimate of drug-likeness (QED) is 0.401. The zero-order valence-electron chi connectivity index (χ0n) is 16.2. The molecule has 8 nitrogen and oxygen atoms in total. The number of aliphatic hydroxyl groups is 1. The number of thioether (sulfide) groups is 1. The van der Waals surface area contributed by atoms with Gasteiger partial charge < -0.3 is 14.6 Å². The molecule has 0 spiro atoms. The Morgan fingerprint density at radius 2 is 2.00 bits per heavy atom. The van der Waals surface area contributed by atoms with E-state index in [9.17, 15) is 20.0 Å². The summed E-state index contributed by atoms with van der Waals surface area (Å²) in [5.41, 5.74) is 0.944. The lowest BCUT2D eigenvalue weighted by molar-refractivity contribution is -0.384. The molecule has 0 fully saturated rings. The Kier molecular flexibility index (Phi) is 6.53. The molecule has 0 amide bonds. The van der Waals surface area contributed by atoms with Crippen LogP contribution in [0.25, 0.3) is 6.08 Å². The second-order valence-electron chi connectivity index (χ2n) is 6.02. The fourth-order valence-corrected chi connectivity index (χ4v) is 3.68. The Bertz CT molecular complexity index is 1070. The standard InChI is InChI=1S/C21H18N2O6S/c1-3-29-21(25)18-19(24)17(12-13-5-4-6-15(11-13)23(26)27)30-20(18)22-14-7-9-16(28-2)10-8-14/h4-12,24H,3H2,1-2H3. The lowest BCUT2D eigenvalue weighted by Crippen LogP contribution is -2.12. The van der Waals surface area contributed by atoms with E-state index in [2.05, 4.69) is 4.99 Å². The molecular weight excluding hydrogens is 408 g/mol. The minimum Gasteiger partial charge on any atom is -0.506 e. The molecule has 9 heteroatoms. The number of methoxy groups -OCH3 is 1. The van der Waals surface area contributed by atoms with Crippen molar-refractivity contribution >= 4 is 40.2 Å². The molecule has 30 heavy (non-hydrogen) atoms. The molecule has 0 radical (unpaired) electrons. The molecule has 1 aliphatic heterocycles. The highest BCUT2D eigenvalue weighted by Gasteiger charge is 2.33. The van der Waals surface area contributed by atoms with E-state index < -0.39 is 10.9 Å². The highest BCUT2D eigenvalue weighted by atomic mass is 32.2. The number of hydrogen-bond acceptors (Lipinski definition) is 8. The van der Waals surface area contributed by atoms with Crippen LogP contribution in [0.5, 0.6) is 5.75 Å². The van der Waals surface area contributed by atoms with Crippen LogP contribution in [0.4, 0.5) is 11.4 Å². The average Bonchev–Trinajstić information content (AvgIpc) is 3.03. The van der Waals surface area contributed by atoms with E-state index in [-0.39, 0.29) is 28.7 Å². The van der Waals surface area contributed by atoms with Crippen molar-refractivity contribution in [3.05, 3.63) is 80.4 Å². The number of aliphatic hydroxyl groups excluding tert-OH is 1. The molecule has 1 aliphatic rings. The van der Waals surface area contributed by atoms with Crippen molar-refractivity contribution in [3.8, 4) is 5.75 Å². The molecule has 0 bridgehead atoms. The van der Waals surface area contributed by atoms with Gasteiger partial charge in [0.15, 0.2) is 0 Å². The Balaban J connectivity index is 2.02. The predicted molar refractivity (Wildman–Crippen MR) is 115 cm³/mol. The number of non-ortho nitro benzene ring substituents is 1. The molecule has 1 N–H and O–H groups in total. The average molecular weight is 426 g/mol. The number of hydrogen-bond donors (Lipinski definition) is 1. The van der Waals surface area contributed by atoms with Crippen LogP contribution in [0.2, 0.25) is 0 Å². The van der Waals surface area contributed by atoms with Crippen LogP contribution in [0.1, 0.15) is 12.5 Å². The highest BCUT2D eigenvalue weighted by molar-refractivity contribution is 8.18. The SMILES string of the molecule is CCOC(=O)C1=C(O)C(=Cc2cccc([N+](=O)[O-])c2)SC1=Nc1ccc(OC)cc1. The van der Waals surface area contributed by atoms with Crippen LogP contribution in [-0.4, -0.2) is 34.8 Å². The number of nitro benzene ring substituents is 1. The second kappa shape index (κ2) is 9.27. The number of nitrogens with zero attached hydrogens (tertiary/aromatic N) is 2. The van der Waals surface area contributed by atoms with Gasteiger partial charge in [0.05, 0.1) is 29.2 Å².